The van der Waals surface area contributed by atoms with Gasteiger partial charge in [-0.25, -0.2) is 8.42 Å². The summed E-state index contributed by atoms with van der Waals surface area (Å²) in [6.45, 7) is 3.88. The molecule has 1 aliphatic rings. The Morgan fingerprint density at radius 2 is 2.00 bits per heavy atom. The van der Waals surface area contributed by atoms with E-state index >= 15 is 0 Å². The van der Waals surface area contributed by atoms with E-state index in [-0.39, 0.29) is 12.4 Å². The van der Waals surface area contributed by atoms with Gasteiger partial charge in [0.2, 0.25) is 10.0 Å². The monoisotopic (exact) mass is 357 g/mol. The first-order valence-electron chi connectivity index (χ1n) is 7.64. The van der Waals surface area contributed by atoms with Crippen molar-refractivity contribution in [2.75, 3.05) is 26.7 Å². The number of nitrogens with one attached hydrogen (secondary N) is 1. The van der Waals surface area contributed by atoms with Gasteiger partial charge in [-0.05, 0) is 69.5 Å². The summed E-state index contributed by atoms with van der Waals surface area (Å²) in [6.07, 6.45) is 2.92. The molecule has 7 heteroatoms. The van der Waals surface area contributed by atoms with Crippen LogP contribution in [0.4, 0.5) is 0 Å². The normalized spacial score (nSPS) is 16.6. The van der Waals surface area contributed by atoms with Gasteiger partial charge in [0, 0.05) is 13.1 Å². The molecule has 0 unspecified atom stereocenters. The fraction of sp³-hybridized carbons (Fsp3) is 0.562. The van der Waals surface area contributed by atoms with E-state index in [1.165, 1.54) is 0 Å². The van der Waals surface area contributed by atoms with Crippen molar-refractivity contribution < 1.29 is 8.42 Å². The third-order valence-electron chi connectivity index (χ3n) is 4.30. The van der Waals surface area contributed by atoms with Crippen molar-refractivity contribution >= 4 is 22.4 Å². The molecule has 0 aliphatic carbocycles. The zero-order valence-electron chi connectivity index (χ0n) is 13.6. The Kier molecular flexibility index (Phi) is 7.49. The molecule has 1 fully saturated rings. The molecule has 1 aromatic carbocycles. The number of nitrogens with zero attached hydrogens (tertiary/aromatic N) is 2. The Hall–Kier alpha value is -1.13. The highest BCUT2D eigenvalue weighted by molar-refractivity contribution is 7.89. The fourth-order valence-corrected chi connectivity index (χ4v) is 4.61. The summed E-state index contributed by atoms with van der Waals surface area (Å²) in [5, 5.41) is 12.0. The molecule has 5 nitrogen and oxygen atoms in total. The van der Waals surface area contributed by atoms with Crippen molar-refractivity contribution in [2.45, 2.75) is 31.1 Å². The molecule has 0 radical (unpaired) electrons. The first kappa shape index (κ1) is 19.9. The molecule has 1 aliphatic heterocycles. The minimum atomic E-state index is -3.45. The Balaban J connectivity index is 0.00000264. The van der Waals surface area contributed by atoms with Gasteiger partial charge in [-0.1, -0.05) is 0 Å². The van der Waals surface area contributed by atoms with Crippen molar-refractivity contribution in [2.24, 2.45) is 5.92 Å². The molecule has 1 saturated heterocycles. The summed E-state index contributed by atoms with van der Waals surface area (Å²) in [6, 6.07) is 6.79. The minimum absolute atomic E-state index is 0. The Bertz CT molecular complexity index is 662. The molecular formula is C16H24ClN3O2S. The summed E-state index contributed by atoms with van der Waals surface area (Å²) in [7, 11) is -1.52. The van der Waals surface area contributed by atoms with Gasteiger partial charge < -0.3 is 5.32 Å². The van der Waals surface area contributed by atoms with Gasteiger partial charge in [0.25, 0.3) is 0 Å². The smallest absolute Gasteiger partial charge is 0.243 e. The largest absolute Gasteiger partial charge is 0.320 e. The number of benzene rings is 1. The second-order valence-corrected chi connectivity index (χ2v) is 7.74. The highest BCUT2D eigenvalue weighted by atomic mass is 35.5. The molecular weight excluding hydrogens is 334 g/mol. The van der Waals surface area contributed by atoms with Gasteiger partial charge in [-0.3, -0.25) is 0 Å². The van der Waals surface area contributed by atoms with Crippen LogP contribution in [-0.2, 0) is 10.0 Å². The number of nitriles is 1. The minimum Gasteiger partial charge on any atom is -0.320 e. The second-order valence-electron chi connectivity index (χ2n) is 5.83. The Morgan fingerprint density at radius 3 is 2.52 bits per heavy atom. The Labute approximate surface area is 145 Å². The van der Waals surface area contributed by atoms with Gasteiger partial charge in [0.1, 0.15) is 0 Å². The standard InChI is InChI=1S/C16H23N3O2S.ClH/c1-13-11-15(12-17)3-4-16(13)22(20,21)19-9-6-14(7-10-19)5-8-18-2;/h3-4,11,14,18H,5-10H2,1-2H3;1H. The first-order valence-corrected chi connectivity index (χ1v) is 9.08. The van der Waals surface area contributed by atoms with Crippen LogP contribution in [0, 0.1) is 24.2 Å². The quantitative estimate of drug-likeness (QED) is 0.877. The number of aryl methyl sites for hydroxylation is 1. The number of sulfonamides is 1. The molecule has 128 valence electrons. The molecule has 23 heavy (non-hydrogen) atoms. The van der Waals surface area contributed by atoms with Crippen molar-refractivity contribution in [1.82, 2.24) is 9.62 Å². The van der Waals surface area contributed by atoms with Crippen molar-refractivity contribution in [3.8, 4) is 6.07 Å². The van der Waals surface area contributed by atoms with E-state index < -0.39 is 10.0 Å². The van der Waals surface area contributed by atoms with Crippen LogP contribution in [0.5, 0.6) is 0 Å². The average Bonchev–Trinajstić information content (AvgIpc) is 2.52. The molecule has 0 spiro atoms. The SMILES string of the molecule is CNCCC1CCN(S(=O)(=O)c2ccc(C#N)cc2C)CC1.Cl. The molecule has 0 bridgehead atoms. The van der Waals surface area contributed by atoms with E-state index in [1.807, 2.05) is 13.1 Å². The number of rotatable bonds is 5. The zero-order valence-corrected chi connectivity index (χ0v) is 15.2. The van der Waals surface area contributed by atoms with Crippen LogP contribution in [0.2, 0.25) is 0 Å². The van der Waals surface area contributed by atoms with E-state index in [9.17, 15) is 8.42 Å². The topological polar surface area (TPSA) is 73.2 Å². The highest BCUT2D eigenvalue weighted by Gasteiger charge is 2.30. The van der Waals surface area contributed by atoms with E-state index in [2.05, 4.69) is 5.32 Å². The molecule has 1 N–H and O–H groups in total. The number of piperidine rings is 1. The van der Waals surface area contributed by atoms with Crippen molar-refractivity contribution in [1.29, 1.82) is 5.26 Å². The molecule has 1 heterocycles. The zero-order chi connectivity index (χ0) is 16.2. The van der Waals surface area contributed by atoms with Gasteiger partial charge in [0.05, 0.1) is 16.5 Å². The first-order chi connectivity index (χ1) is 10.5. The number of halogens is 1. The van der Waals surface area contributed by atoms with E-state index in [0.717, 1.165) is 25.8 Å². The van der Waals surface area contributed by atoms with Crippen molar-refractivity contribution in [3.63, 3.8) is 0 Å². The van der Waals surface area contributed by atoms with E-state index in [0.29, 0.717) is 35.0 Å². The van der Waals surface area contributed by atoms with Crippen LogP contribution in [0.25, 0.3) is 0 Å². The maximum atomic E-state index is 12.8. The highest BCUT2D eigenvalue weighted by Crippen LogP contribution is 2.27. The molecule has 1 aromatic rings. The second kappa shape index (κ2) is 8.65. The van der Waals surface area contributed by atoms with Crippen molar-refractivity contribution in [3.05, 3.63) is 29.3 Å². The predicted octanol–water partition coefficient (Wildman–Crippen LogP) is 2.30. The fourth-order valence-electron chi connectivity index (χ4n) is 2.93. The molecule has 0 aromatic heterocycles. The lowest BCUT2D eigenvalue weighted by molar-refractivity contribution is 0.263. The van der Waals surface area contributed by atoms with Crippen LogP contribution in [0.3, 0.4) is 0 Å². The lowest BCUT2D eigenvalue weighted by Gasteiger charge is -2.31. The van der Waals surface area contributed by atoms with E-state index in [1.54, 1.807) is 29.4 Å². The van der Waals surface area contributed by atoms with Crippen LogP contribution < -0.4 is 5.32 Å². The van der Waals surface area contributed by atoms with Crippen LogP contribution in [-0.4, -0.2) is 39.4 Å². The summed E-state index contributed by atoms with van der Waals surface area (Å²) in [4.78, 5) is 0.320. The summed E-state index contributed by atoms with van der Waals surface area (Å²) >= 11 is 0. The van der Waals surface area contributed by atoms with Gasteiger partial charge in [-0.15, -0.1) is 12.4 Å². The molecule has 0 atom stereocenters. The van der Waals surface area contributed by atoms with Gasteiger partial charge >= 0.3 is 0 Å². The molecule has 2 rings (SSSR count). The maximum absolute atomic E-state index is 12.8. The maximum Gasteiger partial charge on any atom is 0.243 e. The van der Waals surface area contributed by atoms with E-state index in [4.69, 9.17) is 5.26 Å². The van der Waals surface area contributed by atoms with Gasteiger partial charge in [0.15, 0.2) is 0 Å². The van der Waals surface area contributed by atoms with Crippen LogP contribution in [0.1, 0.15) is 30.4 Å². The average molecular weight is 358 g/mol. The summed E-state index contributed by atoms with van der Waals surface area (Å²) < 4.78 is 27.1. The third kappa shape index (κ3) is 4.67. The summed E-state index contributed by atoms with van der Waals surface area (Å²) in [5.74, 6) is 0.598. The number of hydrogen-bond donors (Lipinski definition) is 1. The lowest BCUT2D eigenvalue weighted by Crippen LogP contribution is -2.39. The molecule has 0 saturated carbocycles. The van der Waals surface area contributed by atoms with Crippen LogP contribution >= 0.6 is 12.4 Å². The molecule has 0 amide bonds. The van der Waals surface area contributed by atoms with Gasteiger partial charge in [-0.2, -0.15) is 9.57 Å². The lowest BCUT2D eigenvalue weighted by atomic mass is 9.95. The predicted molar refractivity (Wildman–Crippen MR) is 93.2 cm³/mol. The third-order valence-corrected chi connectivity index (χ3v) is 6.36. The summed E-state index contributed by atoms with van der Waals surface area (Å²) in [5.41, 5.74) is 1.12. The number of hydrogen-bond acceptors (Lipinski definition) is 4. The Morgan fingerprint density at radius 1 is 1.35 bits per heavy atom. The van der Waals surface area contributed by atoms with Crippen LogP contribution in [0.15, 0.2) is 23.1 Å².